The van der Waals surface area contributed by atoms with Crippen LogP contribution in [0.1, 0.15) is 27.3 Å². The number of hydrogen-bond acceptors (Lipinski definition) is 2. The molecule has 3 nitrogen and oxygen atoms in total. The Kier molecular flexibility index (Phi) is 3.66. The van der Waals surface area contributed by atoms with Crippen molar-refractivity contribution in [2.75, 3.05) is 0 Å². The van der Waals surface area contributed by atoms with E-state index in [9.17, 15) is 4.79 Å². The Balaban J connectivity index is 2.27. The van der Waals surface area contributed by atoms with Crippen molar-refractivity contribution in [3.05, 3.63) is 51.3 Å². The van der Waals surface area contributed by atoms with Crippen LogP contribution in [0.25, 0.3) is 0 Å². The van der Waals surface area contributed by atoms with Gasteiger partial charge >= 0.3 is 0 Å². The first-order chi connectivity index (χ1) is 8.49. The van der Waals surface area contributed by atoms with Gasteiger partial charge in [-0.1, -0.05) is 23.8 Å². The van der Waals surface area contributed by atoms with E-state index < -0.39 is 0 Å². The van der Waals surface area contributed by atoms with Crippen LogP contribution in [0, 0.1) is 13.8 Å². The normalized spacial score (nSPS) is 10.7. The van der Waals surface area contributed by atoms with Gasteiger partial charge in [0.1, 0.15) is 0 Å². The standard InChI is InChI=1S/C14H15BrN2O/c1-9-5-4-6-11(7-9)13(18)8-12-14(15)10(2)16-17(12)3/h4-7H,8H2,1-3H3. The number of aryl methyl sites for hydroxylation is 3. The third kappa shape index (κ3) is 2.53. The summed E-state index contributed by atoms with van der Waals surface area (Å²) in [5, 5.41) is 4.29. The molecule has 0 fully saturated rings. The van der Waals surface area contributed by atoms with Crippen molar-refractivity contribution >= 4 is 21.7 Å². The van der Waals surface area contributed by atoms with E-state index >= 15 is 0 Å². The van der Waals surface area contributed by atoms with E-state index in [-0.39, 0.29) is 5.78 Å². The van der Waals surface area contributed by atoms with Crippen LogP contribution in [0.2, 0.25) is 0 Å². The van der Waals surface area contributed by atoms with Crippen LogP contribution < -0.4 is 0 Å². The van der Waals surface area contributed by atoms with Gasteiger partial charge in [-0.3, -0.25) is 9.48 Å². The quantitative estimate of drug-likeness (QED) is 0.816. The second-order valence-corrected chi connectivity index (χ2v) is 5.23. The number of benzene rings is 1. The Morgan fingerprint density at radius 1 is 1.39 bits per heavy atom. The maximum absolute atomic E-state index is 12.2. The molecule has 4 heteroatoms. The minimum Gasteiger partial charge on any atom is -0.294 e. The fourth-order valence-electron chi connectivity index (χ4n) is 1.94. The fraction of sp³-hybridized carbons (Fsp3) is 0.286. The highest BCUT2D eigenvalue weighted by atomic mass is 79.9. The zero-order valence-electron chi connectivity index (χ0n) is 10.7. The molecule has 0 amide bonds. The summed E-state index contributed by atoms with van der Waals surface area (Å²) >= 11 is 3.48. The van der Waals surface area contributed by atoms with Crippen LogP contribution in [-0.2, 0) is 13.5 Å². The minimum absolute atomic E-state index is 0.113. The van der Waals surface area contributed by atoms with E-state index in [4.69, 9.17) is 0 Å². The number of rotatable bonds is 3. The van der Waals surface area contributed by atoms with Gasteiger partial charge in [0.2, 0.25) is 0 Å². The van der Waals surface area contributed by atoms with E-state index in [1.807, 2.05) is 45.2 Å². The Morgan fingerprint density at radius 3 is 2.67 bits per heavy atom. The molecule has 0 radical (unpaired) electrons. The maximum atomic E-state index is 12.2. The van der Waals surface area contributed by atoms with Gasteiger partial charge < -0.3 is 0 Å². The summed E-state index contributed by atoms with van der Waals surface area (Å²) < 4.78 is 2.68. The largest absolute Gasteiger partial charge is 0.294 e. The molecule has 0 bridgehead atoms. The van der Waals surface area contributed by atoms with Crippen molar-refractivity contribution in [2.45, 2.75) is 20.3 Å². The Labute approximate surface area is 115 Å². The second kappa shape index (κ2) is 5.06. The van der Waals surface area contributed by atoms with Gasteiger partial charge in [0.15, 0.2) is 5.78 Å². The number of ketones is 1. The third-order valence-corrected chi connectivity index (χ3v) is 3.96. The number of hydrogen-bond donors (Lipinski definition) is 0. The lowest BCUT2D eigenvalue weighted by Gasteiger charge is -2.04. The van der Waals surface area contributed by atoms with Crippen molar-refractivity contribution in [2.24, 2.45) is 7.05 Å². The molecule has 0 saturated carbocycles. The van der Waals surface area contributed by atoms with Crippen LogP contribution in [0.5, 0.6) is 0 Å². The lowest BCUT2D eigenvalue weighted by atomic mass is 10.0. The van der Waals surface area contributed by atoms with Crippen LogP contribution >= 0.6 is 15.9 Å². The van der Waals surface area contributed by atoms with E-state index in [0.717, 1.165) is 27.0 Å². The zero-order valence-corrected chi connectivity index (χ0v) is 12.3. The average molecular weight is 307 g/mol. The lowest BCUT2D eigenvalue weighted by Crippen LogP contribution is -2.08. The van der Waals surface area contributed by atoms with Gasteiger partial charge in [-0.15, -0.1) is 0 Å². The predicted octanol–water partition coefficient (Wildman–Crippen LogP) is 3.22. The van der Waals surface area contributed by atoms with Crippen LogP contribution in [0.15, 0.2) is 28.7 Å². The molecule has 0 N–H and O–H groups in total. The molecule has 1 heterocycles. The highest BCUT2D eigenvalue weighted by molar-refractivity contribution is 9.10. The van der Waals surface area contributed by atoms with E-state index in [2.05, 4.69) is 21.0 Å². The van der Waals surface area contributed by atoms with Gasteiger partial charge in [-0.2, -0.15) is 5.10 Å². The highest BCUT2D eigenvalue weighted by Gasteiger charge is 2.15. The zero-order chi connectivity index (χ0) is 13.3. The number of aromatic nitrogens is 2. The Hall–Kier alpha value is -1.42. The monoisotopic (exact) mass is 306 g/mol. The molecule has 0 saturated heterocycles. The van der Waals surface area contributed by atoms with Crippen molar-refractivity contribution in [3.63, 3.8) is 0 Å². The smallest absolute Gasteiger partial charge is 0.168 e. The van der Waals surface area contributed by atoms with Gasteiger partial charge in [0.05, 0.1) is 22.3 Å². The number of carbonyl (C=O) groups excluding carboxylic acids is 1. The summed E-state index contributed by atoms with van der Waals surface area (Å²) in [5.41, 5.74) is 3.67. The molecule has 1 aromatic heterocycles. The van der Waals surface area contributed by atoms with Crippen molar-refractivity contribution < 1.29 is 4.79 Å². The molecular formula is C14H15BrN2O. The summed E-state index contributed by atoms with van der Waals surface area (Å²) in [4.78, 5) is 12.2. The number of carbonyl (C=O) groups is 1. The molecule has 0 spiro atoms. The first kappa shape index (κ1) is 13.0. The Bertz CT molecular complexity index is 602. The molecule has 0 unspecified atom stereocenters. The van der Waals surface area contributed by atoms with Crippen LogP contribution in [-0.4, -0.2) is 15.6 Å². The third-order valence-electron chi connectivity index (χ3n) is 2.93. The van der Waals surface area contributed by atoms with Gasteiger partial charge in [0, 0.05) is 12.6 Å². The average Bonchev–Trinajstić information content (AvgIpc) is 2.56. The Morgan fingerprint density at radius 2 is 2.11 bits per heavy atom. The molecule has 2 aromatic rings. The van der Waals surface area contributed by atoms with Gasteiger partial charge in [-0.05, 0) is 35.8 Å². The van der Waals surface area contributed by atoms with E-state index in [1.165, 1.54) is 0 Å². The first-order valence-corrected chi connectivity index (χ1v) is 6.56. The summed E-state index contributed by atoms with van der Waals surface area (Å²) in [6.07, 6.45) is 0.362. The summed E-state index contributed by atoms with van der Waals surface area (Å²) in [6, 6.07) is 7.67. The van der Waals surface area contributed by atoms with Gasteiger partial charge in [-0.25, -0.2) is 0 Å². The van der Waals surface area contributed by atoms with E-state index in [1.54, 1.807) is 4.68 Å². The second-order valence-electron chi connectivity index (χ2n) is 4.44. The summed E-state index contributed by atoms with van der Waals surface area (Å²) in [5.74, 6) is 0.113. The fourth-order valence-corrected chi connectivity index (χ4v) is 2.42. The molecule has 0 aliphatic rings. The van der Waals surface area contributed by atoms with Crippen molar-refractivity contribution in [1.82, 2.24) is 9.78 Å². The molecule has 0 atom stereocenters. The number of Topliss-reactive ketones (excluding diaryl/α,β-unsaturated/α-hetero) is 1. The molecular weight excluding hydrogens is 292 g/mol. The highest BCUT2D eigenvalue weighted by Crippen LogP contribution is 2.21. The lowest BCUT2D eigenvalue weighted by molar-refractivity contribution is 0.0990. The van der Waals surface area contributed by atoms with Crippen LogP contribution in [0.3, 0.4) is 0 Å². The van der Waals surface area contributed by atoms with E-state index in [0.29, 0.717) is 6.42 Å². The molecule has 1 aromatic carbocycles. The molecule has 0 aliphatic heterocycles. The number of halogens is 1. The first-order valence-electron chi connectivity index (χ1n) is 5.77. The number of nitrogens with zero attached hydrogens (tertiary/aromatic N) is 2. The summed E-state index contributed by atoms with van der Waals surface area (Å²) in [7, 11) is 1.86. The molecule has 2 rings (SSSR count). The topological polar surface area (TPSA) is 34.9 Å². The molecule has 0 aliphatic carbocycles. The van der Waals surface area contributed by atoms with Crippen LogP contribution in [0.4, 0.5) is 0 Å². The predicted molar refractivity (Wildman–Crippen MR) is 74.9 cm³/mol. The summed E-state index contributed by atoms with van der Waals surface area (Å²) in [6.45, 7) is 3.91. The molecule has 18 heavy (non-hydrogen) atoms. The van der Waals surface area contributed by atoms with Crippen molar-refractivity contribution in [1.29, 1.82) is 0 Å². The van der Waals surface area contributed by atoms with Gasteiger partial charge in [0.25, 0.3) is 0 Å². The van der Waals surface area contributed by atoms with Crippen molar-refractivity contribution in [3.8, 4) is 0 Å². The molecule has 94 valence electrons. The minimum atomic E-state index is 0.113. The maximum Gasteiger partial charge on any atom is 0.168 e. The SMILES string of the molecule is Cc1cccc(C(=O)Cc2c(Br)c(C)nn2C)c1.